The molecule has 0 saturated carbocycles. The lowest BCUT2D eigenvalue weighted by atomic mass is 10.3. The molecule has 1 rings (SSSR count). The number of aliphatic imine (C=N–C) groups is 1. The molecule has 0 fully saturated rings. The zero-order chi connectivity index (χ0) is 16.6. The summed E-state index contributed by atoms with van der Waals surface area (Å²) in [6.45, 7) is 3.44. The minimum absolute atomic E-state index is 0. The Morgan fingerprint density at radius 2 is 2.04 bits per heavy atom. The van der Waals surface area contributed by atoms with E-state index in [0.29, 0.717) is 0 Å². The fraction of sp³-hybridized carbons (Fsp3) is 0.231. The van der Waals surface area contributed by atoms with Crippen molar-refractivity contribution >= 4 is 41.5 Å². The second kappa shape index (κ2) is 9.92. The average Bonchev–Trinajstić information content (AvgIpc) is 2.43. The largest absolute Gasteiger partial charge is 0.573 e. The van der Waals surface area contributed by atoms with Gasteiger partial charge in [-0.25, -0.2) is 4.99 Å². The van der Waals surface area contributed by atoms with E-state index in [1.54, 1.807) is 0 Å². The Hall–Kier alpha value is -1.98. The molecule has 1 aromatic rings. The number of alkyl halides is 3. The van der Waals surface area contributed by atoms with Gasteiger partial charge in [0.05, 0.1) is 5.69 Å². The van der Waals surface area contributed by atoms with Crippen molar-refractivity contribution in [2.45, 2.75) is 6.36 Å². The molecule has 0 aliphatic rings. The SMILES string of the molecule is C=CCNC(=O)CN=C(N)Nc1ccccc1OC(F)(F)F.I. The molecule has 6 nitrogen and oxygen atoms in total. The van der Waals surface area contributed by atoms with Gasteiger partial charge in [-0.1, -0.05) is 18.2 Å². The van der Waals surface area contributed by atoms with E-state index in [1.165, 1.54) is 24.3 Å². The first-order valence-corrected chi connectivity index (χ1v) is 6.11. The van der Waals surface area contributed by atoms with Gasteiger partial charge in [0.1, 0.15) is 6.54 Å². The zero-order valence-electron chi connectivity index (χ0n) is 11.9. The molecule has 0 unspecified atom stereocenters. The van der Waals surface area contributed by atoms with Crippen molar-refractivity contribution in [2.24, 2.45) is 10.7 Å². The van der Waals surface area contributed by atoms with Crippen LogP contribution in [0.3, 0.4) is 0 Å². The topological polar surface area (TPSA) is 88.7 Å². The second-order valence-corrected chi connectivity index (χ2v) is 3.96. The number of ether oxygens (including phenoxy) is 1. The molecule has 0 saturated heterocycles. The van der Waals surface area contributed by atoms with E-state index in [1.807, 2.05) is 0 Å². The van der Waals surface area contributed by atoms with Gasteiger partial charge in [0.15, 0.2) is 11.7 Å². The van der Waals surface area contributed by atoms with E-state index in [4.69, 9.17) is 5.73 Å². The first-order chi connectivity index (χ1) is 10.3. The fourth-order valence-electron chi connectivity index (χ4n) is 1.36. The molecule has 0 heterocycles. The van der Waals surface area contributed by atoms with Crippen molar-refractivity contribution < 1.29 is 22.7 Å². The number of nitrogens with one attached hydrogen (secondary N) is 2. The quantitative estimate of drug-likeness (QED) is 0.272. The van der Waals surface area contributed by atoms with Crippen LogP contribution in [0.15, 0.2) is 41.9 Å². The number of carbonyl (C=O) groups is 1. The van der Waals surface area contributed by atoms with Gasteiger partial charge in [-0.3, -0.25) is 4.79 Å². The molecule has 4 N–H and O–H groups in total. The number of hydrogen-bond acceptors (Lipinski definition) is 3. The van der Waals surface area contributed by atoms with E-state index in [-0.39, 0.29) is 48.7 Å². The fourth-order valence-corrected chi connectivity index (χ4v) is 1.36. The van der Waals surface area contributed by atoms with Crippen LogP contribution >= 0.6 is 24.0 Å². The first kappa shape index (κ1) is 21.0. The molecule has 0 spiro atoms. The number of guanidine groups is 1. The average molecular weight is 444 g/mol. The van der Waals surface area contributed by atoms with Crippen molar-refractivity contribution in [1.29, 1.82) is 0 Å². The number of amides is 1. The van der Waals surface area contributed by atoms with Gasteiger partial charge in [0, 0.05) is 6.54 Å². The number of halogens is 4. The third-order valence-corrected chi connectivity index (χ3v) is 2.21. The Morgan fingerprint density at radius 3 is 2.65 bits per heavy atom. The predicted molar refractivity (Wildman–Crippen MR) is 91.9 cm³/mol. The molecule has 128 valence electrons. The predicted octanol–water partition coefficient (Wildman–Crippen LogP) is 2.23. The highest BCUT2D eigenvalue weighted by Crippen LogP contribution is 2.29. The van der Waals surface area contributed by atoms with Gasteiger partial charge >= 0.3 is 6.36 Å². The molecule has 0 bridgehead atoms. The lowest BCUT2D eigenvalue weighted by molar-refractivity contribution is -0.274. The van der Waals surface area contributed by atoms with Crippen molar-refractivity contribution in [1.82, 2.24) is 5.32 Å². The molecule has 0 radical (unpaired) electrons. The summed E-state index contributed by atoms with van der Waals surface area (Å²) in [4.78, 5) is 15.0. The number of rotatable bonds is 6. The van der Waals surface area contributed by atoms with Crippen LogP contribution < -0.4 is 21.1 Å². The van der Waals surface area contributed by atoms with Gasteiger partial charge in [0.25, 0.3) is 0 Å². The van der Waals surface area contributed by atoms with E-state index in [2.05, 4.69) is 26.9 Å². The molecule has 1 aromatic carbocycles. The summed E-state index contributed by atoms with van der Waals surface area (Å²) < 4.78 is 40.6. The number of nitrogens with zero attached hydrogens (tertiary/aromatic N) is 1. The minimum atomic E-state index is -4.83. The number of benzene rings is 1. The lowest BCUT2D eigenvalue weighted by Gasteiger charge is -2.14. The highest BCUT2D eigenvalue weighted by Gasteiger charge is 2.32. The maximum absolute atomic E-state index is 12.3. The molecule has 0 aliphatic heterocycles. The van der Waals surface area contributed by atoms with Crippen LogP contribution in [0, 0.1) is 0 Å². The normalized spacial score (nSPS) is 11.2. The summed E-state index contributed by atoms with van der Waals surface area (Å²) >= 11 is 0. The highest BCUT2D eigenvalue weighted by molar-refractivity contribution is 14.0. The summed E-state index contributed by atoms with van der Waals surface area (Å²) in [5, 5.41) is 4.92. The monoisotopic (exact) mass is 444 g/mol. The van der Waals surface area contributed by atoms with Crippen LogP contribution in [0.5, 0.6) is 5.75 Å². The minimum Gasteiger partial charge on any atom is -0.404 e. The molecule has 0 aliphatic carbocycles. The second-order valence-electron chi connectivity index (χ2n) is 3.96. The van der Waals surface area contributed by atoms with E-state index in [9.17, 15) is 18.0 Å². The van der Waals surface area contributed by atoms with Gasteiger partial charge in [-0.15, -0.1) is 43.7 Å². The highest BCUT2D eigenvalue weighted by atomic mass is 127. The molecule has 23 heavy (non-hydrogen) atoms. The first-order valence-electron chi connectivity index (χ1n) is 6.11. The van der Waals surface area contributed by atoms with Gasteiger partial charge < -0.3 is 21.1 Å². The Bertz CT molecular complexity index is 564. The smallest absolute Gasteiger partial charge is 0.404 e. The van der Waals surface area contributed by atoms with Crippen LogP contribution in [0.25, 0.3) is 0 Å². The summed E-state index contributed by atoms with van der Waals surface area (Å²) in [7, 11) is 0. The Morgan fingerprint density at radius 1 is 1.39 bits per heavy atom. The van der Waals surface area contributed by atoms with E-state index >= 15 is 0 Å². The molecule has 1 amide bonds. The van der Waals surface area contributed by atoms with Gasteiger partial charge in [0.2, 0.25) is 5.91 Å². The summed E-state index contributed by atoms with van der Waals surface area (Å²) in [6, 6.07) is 5.33. The summed E-state index contributed by atoms with van der Waals surface area (Å²) in [5.74, 6) is -1.07. The van der Waals surface area contributed by atoms with E-state index in [0.717, 1.165) is 6.07 Å². The lowest BCUT2D eigenvalue weighted by Crippen LogP contribution is -2.29. The van der Waals surface area contributed by atoms with Crippen LogP contribution in [-0.4, -0.2) is 31.3 Å². The van der Waals surface area contributed by atoms with Crippen molar-refractivity contribution in [3.63, 3.8) is 0 Å². The Labute approximate surface area is 148 Å². The summed E-state index contributed by atoms with van der Waals surface area (Å²) in [5.41, 5.74) is 5.50. The Balaban J connectivity index is 0.00000484. The standard InChI is InChI=1S/C13H15F3N4O2.HI/c1-2-7-18-11(21)8-19-12(17)20-9-5-3-4-6-10(9)22-13(14,15)16;/h2-6H,1,7-8H2,(H,18,21)(H3,17,19,20);1H. The third-order valence-electron chi connectivity index (χ3n) is 2.21. The molecule has 0 aromatic heterocycles. The molecule has 10 heteroatoms. The number of nitrogens with two attached hydrogens (primary N) is 1. The zero-order valence-corrected chi connectivity index (χ0v) is 14.2. The number of hydrogen-bond donors (Lipinski definition) is 3. The van der Waals surface area contributed by atoms with Crippen molar-refractivity contribution in [3.05, 3.63) is 36.9 Å². The van der Waals surface area contributed by atoms with Crippen molar-refractivity contribution in [3.8, 4) is 5.75 Å². The van der Waals surface area contributed by atoms with Crippen LogP contribution in [0.1, 0.15) is 0 Å². The number of carbonyl (C=O) groups excluding carboxylic acids is 1. The van der Waals surface area contributed by atoms with Crippen LogP contribution in [0.2, 0.25) is 0 Å². The maximum atomic E-state index is 12.3. The van der Waals surface area contributed by atoms with Gasteiger partial charge in [-0.05, 0) is 12.1 Å². The van der Waals surface area contributed by atoms with Crippen molar-refractivity contribution in [2.75, 3.05) is 18.4 Å². The molecular formula is C13H16F3IN4O2. The molecular weight excluding hydrogens is 428 g/mol. The van der Waals surface area contributed by atoms with Gasteiger partial charge in [-0.2, -0.15) is 0 Å². The van der Waals surface area contributed by atoms with Crippen LogP contribution in [0.4, 0.5) is 18.9 Å². The third kappa shape index (κ3) is 8.90. The maximum Gasteiger partial charge on any atom is 0.573 e. The summed E-state index contributed by atoms with van der Waals surface area (Å²) in [6.07, 6.45) is -3.33. The number of para-hydroxylation sites is 2. The Kier molecular flexibility index (Phi) is 9.07. The van der Waals surface area contributed by atoms with E-state index < -0.39 is 18.0 Å². The van der Waals surface area contributed by atoms with Crippen LogP contribution in [-0.2, 0) is 4.79 Å². The molecule has 0 atom stereocenters. The number of anilines is 1.